The number of phenolic OH excluding ortho intramolecular Hbond substituents is 1. The number of hydrogen-bond donors (Lipinski definition) is 2. The van der Waals surface area contributed by atoms with E-state index in [1.54, 1.807) is 0 Å². The Labute approximate surface area is 177 Å². The molecule has 30 heavy (non-hydrogen) atoms. The number of halogens is 4. The summed E-state index contributed by atoms with van der Waals surface area (Å²) in [6.45, 7) is -0.681. The van der Waals surface area contributed by atoms with Gasteiger partial charge in [0.2, 0.25) is 5.91 Å². The fraction of sp³-hybridized carbons (Fsp3) is 0.105. The van der Waals surface area contributed by atoms with Crippen molar-refractivity contribution in [1.29, 1.82) is 0 Å². The number of carbonyl (C=O) groups is 3. The molecule has 0 radical (unpaired) electrons. The predicted molar refractivity (Wildman–Crippen MR) is 106 cm³/mol. The largest absolute Gasteiger partial charge is 0.507 e. The number of alkyl halides is 3. The lowest BCUT2D eigenvalue weighted by atomic mass is 10.2. The molecule has 6 nitrogen and oxygen atoms in total. The lowest BCUT2D eigenvalue weighted by molar-refractivity contribution is -0.137. The molecule has 3 rings (SSSR count). The second-order valence-electron chi connectivity index (χ2n) is 6.10. The molecule has 1 heterocycles. The summed E-state index contributed by atoms with van der Waals surface area (Å²) in [6, 6.07) is 8.13. The molecule has 0 atom stereocenters. The van der Waals surface area contributed by atoms with Gasteiger partial charge in [-0.05, 0) is 54.2 Å². The van der Waals surface area contributed by atoms with Crippen LogP contribution in [0, 0.1) is 0 Å². The number of nitrogens with one attached hydrogen (secondary N) is 1. The van der Waals surface area contributed by atoms with Crippen LogP contribution in [0.4, 0.5) is 23.7 Å². The van der Waals surface area contributed by atoms with Gasteiger partial charge in [-0.1, -0.05) is 17.7 Å². The van der Waals surface area contributed by atoms with Crippen molar-refractivity contribution in [3.05, 3.63) is 63.5 Å². The Kier molecular flexibility index (Phi) is 6.09. The van der Waals surface area contributed by atoms with Gasteiger partial charge in [-0.15, -0.1) is 0 Å². The number of imide groups is 1. The molecule has 1 aliphatic rings. The minimum absolute atomic E-state index is 0.0376. The first-order valence-electron chi connectivity index (χ1n) is 8.25. The average Bonchev–Trinajstić information content (AvgIpc) is 2.91. The third-order valence-corrected chi connectivity index (χ3v) is 5.07. The van der Waals surface area contributed by atoms with Crippen LogP contribution in [-0.2, 0) is 15.8 Å². The molecule has 2 aromatic rings. The van der Waals surface area contributed by atoms with Crippen molar-refractivity contribution < 1.29 is 32.7 Å². The van der Waals surface area contributed by atoms with Crippen molar-refractivity contribution in [2.75, 3.05) is 11.9 Å². The molecule has 0 saturated carbocycles. The third-order valence-electron chi connectivity index (χ3n) is 3.93. The second kappa shape index (κ2) is 8.41. The molecular weight excluding hydrogens is 445 g/mol. The molecule has 0 unspecified atom stereocenters. The highest BCUT2D eigenvalue weighted by Gasteiger charge is 2.36. The molecule has 3 amide bonds. The van der Waals surface area contributed by atoms with Crippen molar-refractivity contribution in [1.82, 2.24) is 4.90 Å². The quantitative estimate of drug-likeness (QED) is 0.649. The highest BCUT2D eigenvalue weighted by molar-refractivity contribution is 8.18. The first kappa shape index (κ1) is 21.7. The number of aromatic hydroxyl groups is 1. The molecule has 0 aliphatic carbocycles. The van der Waals surface area contributed by atoms with Crippen LogP contribution in [0.15, 0.2) is 47.4 Å². The Hall–Kier alpha value is -2.98. The van der Waals surface area contributed by atoms with Gasteiger partial charge in [-0.3, -0.25) is 19.3 Å². The van der Waals surface area contributed by atoms with E-state index in [9.17, 15) is 32.7 Å². The highest BCUT2D eigenvalue weighted by Crippen LogP contribution is 2.34. The Morgan fingerprint density at radius 1 is 1.20 bits per heavy atom. The Morgan fingerprint density at radius 3 is 2.63 bits per heavy atom. The Morgan fingerprint density at radius 2 is 1.93 bits per heavy atom. The second-order valence-corrected chi connectivity index (χ2v) is 7.53. The zero-order chi connectivity index (χ0) is 22.1. The highest BCUT2D eigenvalue weighted by atomic mass is 35.5. The van der Waals surface area contributed by atoms with Gasteiger partial charge in [-0.2, -0.15) is 13.2 Å². The van der Waals surface area contributed by atoms with Crippen molar-refractivity contribution in [2.24, 2.45) is 0 Å². The maximum absolute atomic E-state index is 12.8. The van der Waals surface area contributed by atoms with Crippen LogP contribution in [0.1, 0.15) is 11.1 Å². The van der Waals surface area contributed by atoms with Crippen LogP contribution in [-0.4, -0.2) is 33.6 Å². The summed E-state index contributed by atoms with van der Waals surface area (Å²) in [5, 5.41) is 11.6. The Balaban J connectivity index is 1.72. The van der Waals surface area contributed by atoms with Crippen molar-refractivity contribution in [2.45, 2.75) is 6.18 Å². The number of hydrogen-bond acceptors (Lipinski definition) is 5. The van der Waals surface area contributed by atoms with E-state index in [4.69, 9.17) is 11.6 Å². The van der Waals surface area contributed by atoms with Crippen LogP contribution < -0.4 is 5.32 Å². The molecular formula is C19H12ClF3N2O4S. The zero-order valence-corrected chi connectivity index (χ0v) is 16.4. The number of anilines is 1. The molecule has 0 spiro atoms. The first-order chi connectivity index (χ1) is 14.0. The smallest absolute Gasteiger partial charge is 0.416 e. The monoisotopic (exact) mass is 456 g/mol. The van der Waals surface area contributed by atoms with Gasteiger partial charge >= 0.3 is 6.18 Å². The minimum atomic E-state index is -4.58. The van der Waals surface area contributed by atoms with Crippen molar-refractivity contribution >= 4 is 52.2 Å². The number of thioether (sulfide) groups is 1. The molecule has 0 aromatic heterocycles. The summed E-state index contributed by atoms with van der Waals surface area (Å²) in [7, 11) is 0. The van der Waals surface area contributed by atoms with E-state index >= 15 is 0 Å². The fourth-order valence-electron chi connectivity index (χ4n) is 2.54. The summed E-state index contributed by atoms with van der Waals surface area (Å²) >= 11 is 6.41. The van der Waals surface area contributed by atoms with Gasteiger partial charge in [0.1, 0.15) is 12.3 Å². The van der Waals surface area contributed by atoms with Crippen molar-refractivity contribution in [3.8, 4) is 5.75 Å². The van der Waals surface area contributed by atoms with Crippen molar-refractivity contribution in [3.63, 3.8) is 0 Å². The number of phenols is 1. The average molecular weight is 457 g/mol. The van der Waals surface area contributed by atoms with E-state index in [-0.39, 0.29) is 21.9 Å². The number of nitrogens with zero attached hydrogens (tertiary/aromatic N) is 1. The van der Waals surface area contributed by atoms with Crippen LogP contribution in [0.25, 0.3) is 6.08 Å². The van der Waals surface area contributed by atoms with Crippen LogP contribution in [0.5, 0.6) is 5.75 Å². The normalized spacial score (nSPS) is 15.7. The topological polar surface area (TPSA) is 86.7 Å². The van der Waals surface area contributed by atoms with Gasteiger partial charge in [-0.25, -0.2) is 0 Å². The molecule has 2 N–H and O–H groups in total. The maximum Gasteiger partial charge on any atom is 0.416 e. The summed E-state index contributed by atoms with van der Waals surface area (Å²) in [5.41, 5.74) is -0.863. The van der Waals surface area contributed by atoms with E-state index in [1.807, 2.05) is 0 Å². The maximum atomic E-state index is 12.8. The van der Waals surface area contributed by atoms with E-state index < -0.39 is 35.3 Å². The molecule has 11 heteroatoms. The van der Waals surface area contributed by atoms with Gasteiger partial charge in [0, 0.05) is 16.3 Å². The predicted octanol–water partition coefficient (Wildman–Crippen LogP) is 4.74. The van der Waals surface area contributed by atoms with Gasteiger partial charge in [0.15, 0.2) is 0 Å². The Bertz CT molecular complexity index is 1070. The van der Waals surface area contributed by atoms with Gasteiger partial charge in [0.25, 0.3) is 11.1 Å². The SMILES string of the molecule is O=C(CN1C(=O)S/C(=C\c2cc(Cl)ccc2O)C1=O)Nc1cccc(C(F)(F)F)c1. The van der Waals surface area contributed by atoms with E-state index in [0.29, 0.717) is 21.7 Å². The molecule has 1 fully saturated rings. The standard InChI is InChI=1S/C19H12ClF3N2O4S/c20-12-4-5-14(26)10(6-12)7-15-17(28)25(18(29)30-15)9-16(27)24-13-3-1-2-11(8-13)19(21,22)23/h1-8,26H,9H2,(H,24,27)/b15-7-. The summed E-state index contributed by atoms with van der Waals surface area (Å²) in [4.78, 5) is 37.4. The van der Waals surface area contributed by atoms with E-state index in [1.165, 1.54) is 30.3 Å². The fourth-order valence-corrected chi connectivity index (χ4v) is 3.55. The summed E-state index contributed by atoms with van der Waals surface area (Å²) in [5.74, 6) is -1.78. The molecule has 156 valence electrons. The molecule has 1 saturated heterocycles. The van der Waals surface area contributed by atoms with Gasteiger partial charge in [0.05, 0.1) is 10.5 Å². The van der Waals surface area contributed by atoms with E-state index in [2.05, 4.69) is 5.32 Å². The zero-order valence-electron chi connectivity index (χ0n) is 14.9. The van der Waals surface area contributed by atoms with Gasteiger partial charge < -0.3 is 10.4 Å². The lowest BCUT2D eigenvalue weighted by Gasteiger charge is -2.13. The molecule has 0 bridgehead atoms. The number of rotatable bonds is 4. The van der Waals surface area contributed by atoms with Crippen LogP contribution in [0.3, 0.4) is 0 Å². The lowest BCUT2D eigenvalue weighted by Crippen LogP contribution is -2.36. The molecule has 2 aromatic carbocycles. The van der Waals surface area contributed by atoms with E-state index in [0.717, 1.165) is 18.2 Å². The third kappa shape index (κ3) is 4.95. The minimum Gasteiger partial charge on any atom is -0.507 e. The van der Waals surface area contributed by atoms with Crippen LogP contribution in [0.2, 0.25) is 5.02 Å². The number of benzene rings is 2. The number of carbonyl (C=O) groups excluding carboxylic acids is 3. The summed E-state index contributed by atoms with van der Waals surface area (Å²) in [6.07, 6.45) is -3.32. The van der Waals surface area contributed by atoms with Crippen LogP contribution >= 0.6 is 23.4 Å². The summed E-state index contributed by atoms with van der Waals surface area (Å²) < 4.78 is 38.3. The first-order valence-corrected chi connectivity index (χ1v) is 9.45. The number of amides is 3. The molecule has 1 aliphatic heterocycles.